The van der Waals surface area contributed by atoms with E-state index in [0.29, 0.717) is 12.2 Å². The number of amides is 3. The van der Waals surface area contributed by atoms with Gasteiger partial charge in [-0.3, -0.25) is 14.4 Å². The Kier molecular flexibility index (Phi) is 6.09. The third kappa shape index (κ3) is 4.39. The summed E-state index contributed by atoms with van der Waals surface area (Å²) in [6.45, 7) is 2.44. The van der Waals surface area contributed by atoms with Gasteiger partial charge < -0.3 is 15.5 Å². The van der Waals surface area contributed by atoms with Crippen molar-refractivity contribution in [2.24, 2.45) is 5.92 Å². The molecule has 1 aliphatic rings. The van der Waals surface area contributed by atoms with Crippen LogP contribution in [0.2, 0.25) is 0 Å². The largest absolute Gasteiger partial charge is 0.359 e. The third-order valence-corrected chi connectivity index (χ3v) is 5.06. The average molecular weight is 379 g/mol. The Morgan fingerprint density at radius 3 is 2.50 bits per heavy atom. The lowest BCUT2D eigenvalue weighted by Gasteiger charge is -2.17. The summed E-state index contributed by atoms with van der Waals surface area (Å²) in [4.78, 5) is 38.6. The van der Waals surface area contributed by atoms with E-state index in [1.807, 2.05) is 42.5 Å². The number of benzene rings is 2. The highest BCUT2D eigenvalue weighted by Crippen LogP contribution is 2.27. The minimum atomic E-state index is -0.425. The van der Waals surface area contributed by atoms with Crippen molar-refractivity contribution < 1.29 is 14.4 Å². The smallest absolute Gasteiger partial charge is 0.229 e. The van der Waals surface area contributed by atoms with Gasteiger partial charge in [-0.2, -0.15) is 0 Å². The zero-order chi connectivity index (χ0) is 20.1. The van der Waals surface area contributed by atoms with Gasteiger partial charge in [0.25, 0.3) is 0 Å². The molecule has 1 heterocycles. The Morgan fingerprint density at radius 1 is 1.11 bits per heavy atom. The van der Waals surface area contributed by atoms with Crippen molar-refractivity contribution in [3.8, 4) is 0 Å². The summed E-state index contributed by atoms with van der Waals surface area (Å²) >= 11 is 0. The molecule has 0 aromatic heterocycles. The minimum absolute atomic E-state index is 0.0527. The first-order valence-electron chi connectivity index (χ1n) is 9.50. The molecule has 1 atom stereocenters. The van der Waals surface area contributed by atoms with Crippen LogP contribution in [0.15, 0.2) is 48.5 Å². The predicted octanol–water partition coefficient (Wildman–Crippen LogP) is 2.53. The number of anilines is 2. The fraction of sp³-hybridized carbons (Fsp3) is 0.318. The number of rotatable bonds is 6. The predicted molar refractivity (Wildman–Crippen MR) is 109 cm³/mol. The highest BCUT2D eigenvalue weighted by Gasteiger charge is 2.35. The van der Waals surface area contributed by atoms with Gasteiger partial charge in [0, 0.05) is 31.4 Å². The molecule has 0 bridgehead atoms. The van der Waals surface area contributed by atoms with Gasteiger partial charge in [0.2, 0.25) is 17.7 Å². The number of para-hydroxylation sites is 1. The molecule has 2 aromatic carbocycles. The summed E-state index contributed by atoms with van der Waals surface area (Å²) in [6.07, 6.45) is 1.31. The first-order valence-corrected chi connectivity index (χ1v) is 9.50. The summed E-state index contributed by atoms with van der Waals surface area (Å²) in [5.41, 5.74) is 3.37. The van der Waals surface area contributed by atoms with Crippen LogP contribution in [0.25, 0.3) is 0 Å². The molecule has 0 aliphatic carbocycles. The van der Waals surface area contributed by atoms with E-state index in [-0.39, 0.29) is 30.6 Å². The van der Waals surface area contributed by atoms with Gasteiger partial charge in [-0.15, -0.1) is 0 Å². The van der Waals surface area contributed by atoms with Crippen LogP contribution in [0.4, 0.5) is 11.4 Å². The maximum absolute atomic E-state index is 12.8. The van der Waals surface area contributed by atoms with Crippen LogP contribution in [0, 0.1) is 5.92 Å². The van der Waals surface area contributed by atoms with Crippen LogP contribution in [-0.4, -0.2) is 31.3 Å². The van der Waals surface area contributed by atoms with Gasteiger partial charge >= 0.3 is 0 Å². The Bertz CT molecular complexity index is 877. The number of aryl methyl sites for hydroxylation is 1. The Balaban J connectivity index is 1.69. The molecule has 2 N–H and O–H groups in total. The minimum Gasteiger partial charge on any atom is -0.359 e. The van der Waals surface area contributed by atoms with E-state index in [4.69, 9.17) is 0 Å². The van der Waals surface area contributed by atoms with Crippen molar-refractivity contribution in [1.29, 1.82) is 0 Å². The molecule has 3 rings (SSSR count). The molecule has 1 fully saturated rings. The van der Waals surface area contributed by atoms with Crippen molar-refractivity contribution in [2.75, 3.05) is 23.8 Å². The number of carbonyl (C=O) groups is 3. The van der Waals surface area contributed by atoms with Gasteiger partial charge in [0.05, 0.1) is 12.3 Å². The SMILES string of the molecule is CCc1ccc(N2CC(C(=O)Nc3ccccc3CC(=O)NC)CC2=O)cc1. The van der Waals surface area contributed by atoms with E-state index < -0.39 is 5.92 Å². The highest BCUT2D eigenvalue weighted by molar-refractivity contribution is 6.03. The second-order valence-electron chi connectivity index (χ2n) is 6.92. The molecule has 1 aliphatic heterocycles. The second kappa shape index (κ2) is 8.69. The molecular weight excluding hydrogens is 354 g/mol. The standard InChI is InChI=1S/C22H25N3O3/c1-3-15-8-10-18(11-9-15)25-14-17(13-21(25)27)22(28)24-19-7-5-4-6-16(19)12-20(26)23-2/h4-11,17H,3,12-14H2,1-2H3,(H,23,26)(H,24,28). The monoisotopic (exact) mass is 379 g/mol. The molecule has 2 aromatic rings. The van der Waals surface area contributed by atoms with E-state index in [1.54, 1.807) is 18.0 Å². The van der Waals surface area contributed by atoms with Gasteiger partial charge in [0.1, 0.15) is 0 Å². The maximum Gasteiger partial charge on any atom is 0.229 e. The van der Waals surface area contributed by atoms with E-state index in [2.05, 4.69) is 17.6 Å². The van der Waals surface area contributed by atoms with Crippen molar-refractivity contribution in [3.63, 3.8) is 0 Å². The number of hydrogen-bond donors (Lipinski definition) is 2. The lowest BCUT2D eigenvalue weighted by atomic mass is 10.1. The molecule has 6 nitrogen and oxygen atoms in total. The summed E-state index contributed by atoms with van der Waals surface area (Å²) in [5.74, 6) is -0.806. The number of carbonyl (C=O) groups excluding carboxylic acids is 3. The fourth-order valence-electron chi connectivity index (χ4n) is 3.34. The van der Waals surface area contributed by atoms with Crippen LogP contribution < -0.4 is 15.5 Å². The van der Waals surface area contributed by atoms with E-state index >= 15 is 0 Å². The van der Waals surface area contributed by atoms with Crippen molar-refractivity contribution >= 4 is 29.1 Å². The highest BCUT2D eigenvalue weighted by atomic mass is 16.2. The zero-order valence-corrected chi connectivity index (χ0v) is 16.2. The quantitative estimate of drug-likeness (QED) is 0.810. The molecule has 3 amide bonds. The number of nitrogens with zero attached hydrogens (tertiary/aromatic N) is 1. The Morgan fingerprint density at radius 2 is 1.82 bits per heavy atom. The van der Waals surface area contributed by atoms with E-state index in [0.717, 1.165) is 17.7 Å². The molecule has 0 saturated carbocycles. The normalized spacial score (nSPS) is 16.1. The molecular formula is C22H25N3O3. The first-order chi connectivity index (χ1) is 13.5. The number of nitrogens with one attached hydrogen (secondary N) is 2. The average Bonchev–Trinajstić information content (AvgIpc) is 3.11. The Labute approximate surface area is 164 Å². The molecule has 0 spiro atoms. The molecule has 6 heteroatoms. The second-order valence-corrected chi connectivity index (χ2v) is 6.92. The van der Waals surface area contributed by atoms with Gasteiger partial charge in [-0.05, 0) is 35.7 Å². The number of hydrogen-bond acceptors (Lipinski definition) is 3. The van der Waals surface area contributed by atoms with Crippen LogP contribution in [0.3, 0.4) is 0 Å². The molecule has 1 unspecified atom stereocenters. The van der Waals surface area contributed by atoms with E-state index in [9.17, 15) is 14.4 Å². The Hall–Kier alpha value is -3.15. The summed E-state index contributed by atoms with van der Waals surface area (Å²) in [7, 11) is 1.58. The lowest BCUT2D eigenvalue weighted by molar-refractivity contribution is -0.122. The topological polar surface area (TPSA) is 78.5 Å². The summed E-state index contributed by atoms with van der Waals surface area (Å²) in [6, 6.07) is 15.1. The van der Waals surface area contributed by atoms with Gasteiger partial charge in [0.15, 0.2) is 0 Å². The van der Waals surface area contributed by atoms with Crippen molar-refractivity contribution in [1.82, 2.24) is 5.32 Å². The molecule has 0 radical (unpaired) electrons. The van der Waals surface area contributed by atoms with Gasteiger partial charge in [-0.25, -0.2) is 0 Å². The van der Waals surface area contributed by atoms with Crippen LogP contribution in [0.5, 0.6) is 0 Å². The fourth-order valence-corrected chi connectivity index (χ4v) is 3.34. The zero-order valence-electron chi connectivity index (χ0n) is 16.2. The van der Waals surface area contributed by atoms with E-state index in [1.165, 1.54) is 5.56 Å². The van der Waals surface area contributed by atoms with Crippen LogP contribution in [0.1, 0.15) is 24.5 Å². The molecule has 1 saturated heterocycles. The lowest BCUT2D eigenvalue weighted by Crippen LogP contribution is -2.28. The first kappa shape index (κ1) is 19.6. The number of likely N-dealkylation sites (N-methyl/N-ethyl adjacent to an activating group) is 1. The van der Waals surface area contributed by atoms with Crippen LogP contribution in [-0.2, 0) is 27.2 Å². The molecule has 146 valence electrons. The maximum atomic E-state index is 12.8. The summed E-state index contributed by atoms with van der Waals surface area (Å²) in [5, 5.41) is 5.48. The van der Waals surface area contributed by atoms with Crippen molar-refractivity contribution in [2.45, 2.75) is 26.2 Å². The third-order valence-electron chi connectivity index (χ3n) is 5.06. The van der Waals surface area contributed by atoms with Gasteiger partial charge in [-0.1, -0.05) is 37.3 Å². The van der Waals surface area contributed by atoms with Crippen molar-refractivity contribution in [3.05, 3.63) is 59.7 Å². The molecule has 28 heavy (non-hydrogen) atoms. The van der Waals surface area contributed by atoms with Crippen LogP contribution >= 0.6 is 0 Å². The summed E-state index contributed by atoms with van der Waals surface area (Å²) < 4.78 is 0.